The fourth-order valence-electron chi connectivity index (χ4n) is 1.28. The molecule has 2 heterocycles. The van der Waals surface area contributed by atoms with Crippen LogP contribution in [0.4, 0.5) is 0 Å². The third kappa shape index (κ3) is 3.57. The van der Waals surface area contributed by atoms with Crippen molar-refractivity contribution in [3.63, 3.8) is 0 Å². The van der Waals surface area contributed by atoms with Gasteiger partial charge in [0.2, 0.25) is 0 Å². The maximum Gasteiger partial charge on any atom is 0.350 e. The summed E-state index contributed by atoms with van der Waals surface area (Å²) < 4.78 is 15.4. The van der Waals surface area contributed by atoms with Crippen molar-refractivity contribution in [2.75, 3.05) is 13.0 Å². The zero-order valence-electron chi connectivity index (χ0n) is 8.78. The maximum atomic E-state index is 10.5. The van der Waals surface area contributed by atoms with E-state index in [1.807, 2.05) is 0 Å². The zero-order chi connectivity index (χ0) is 12.3. The normalized spacial score (nSPS) is 12.1. The van der Waals surface area contributed by atoms with Gasteiger partial charge in [0, 0.05) is 6.42 Å². The molecule has 0 saturated carbocycles. The molecule has 0 fully saturated rings. The summed E-state index contributed by atoms with van der Waals surface area (Å²) >= 11 is 0. The maximum absolute atomic E-state index is 10.5. The SMILES string of the molecule is O=P(O)(O)COCCc1nc2ncncc2[nH]1. The molecule has 0 aliphatic rings. The number of nitrogens with zero attached hydrogens (tertiary/aromatic N) is 3. The number of H-pyrrole nitrogens is 1. The first-order chi connectivity index (χ1) is 8.04. The van der Waals surface area contributed by atoms with Crippen molar-refractivity contribution < 1.29 is 19.1 Å². The van der Waals surface area contributed by atoms with Crippen LogP contribution in [0.2, 0.25) is 0 Å². The quantitative estimate of drug-likeness (QED) is 0.511. The monoisotopic (exact) mass is 258 g/mol. The molecule has 3 N–H and O–H groups in total. The molecular formula is C8H11N4O4P. The lowest BCUT2D eigenvalue weighted by Gasteiger charge is -2.03. The van der Waals surface area contributed by atoms with Crippen molar-refractivity contribution in [3.05, 3.63) is 18.3 Å². The molecule has 2 aromatic heterocycles. The molecule has 0 aliphatic carbocycles. The molecule has 0 saturated heterocycles. The Morgan fingerprint density at radius 3 is 3.00 bits per heavy atom. The van der Waals surface area contributed by atoms with Crippen molar-refractivity contribution in [3.8, 4) is 0 Å². The smallest absolute Gasteiger partial charge is 0.350 e. The van der Waals surface area contributed by atoms with Gasteiger partial charge in [-0.2, -0.15) is 0 Å². The highest BCUT2D eigenvalue weighted by Gasteiger charge is 2.12. The lowest BCUT2D eigenvalue weighted by Crippen LogP contribution is -2.01. The Balaban J connectivity index is 1.89. The highest BCUT2D eigenvalue weighted by atomic mass is 31.2. The number of nitrogens with one attached hydrogen (secondary N) is 1. The second-order valence-electron chi connectivity index (χ2n) is 3.40. The molecule has 0 unspecified atom stereocenters. The Hall–Kier alpha value is -1.34. The Morgan fingerprint density at radius 2 is 2.29 bits per heavy atom. The van der Waals surface area contributed by atoms with E-state index in [0.717, 1.165) is 5.52 Å². The predicted molar refractivity (Wildman–Crippen MR) is 58.3 cm³/mol. The van der Waals surface area contributed by atoms with E-state index < -0.39 is 13.9 Å². The van der Waals surface area contributed by atoms with Crippen molar-refractivity contribution in [1.82, 2.24) is 19.9 Å². The van der Waals surface area contributed by atoms with Crippen LogP contribution in [0, 0.1) is 0 Å². The Labute approximate surface area is 96.2 Å². The van der Waals surface area contributed by atoms with E-state index in [2.05, 4.69) is 19.9 Å². The Bertz CT molecular complexity index is 518. The highest BCUT2D eigenvalue weighted by molar-refractivity contribution is 7.51. The minimum Gasteiger partial charge on any atom is -0.368 e. The number of hydrogen-bond acceptors (Lipinski definition) is 5. The second-order valence-corrected chi connectivity index (χ2v) is 4.98. The third-order valence-corrected chi connectivity index (χ3v) is 2.47. The average molecular weight is 258 g/mol. The van der Waals surface area contributed by atoms with Gasteiger partial charge in [0.15, 0.2) is 5.65 Å². The van der Waals surface area contributed by atoms with Gasteiger partial charge in [-0.25, -0.2) is 15.0 Å². The van der Waals surface area contributed by atoms with Crippen LogP contribution >= 0.6 is 7.60 Å². The molecule has 0 amide bonds. The van der Waals surface area contributed by atoms with Gasteiger partial charge in [0.05, 0.1) is 12.8 Å². The highest BCUT2D eigenvalue weighted by Crippen LogP contribution is 2.33. The van der Waals surface area contributed by atoms with Gasteiger partial charge in [-0.15, -0.1) is 0 Å². The van der Waals surface area contributed by atoms with Gasteiger partial charge in [-0.3, -0.25) is 4.57 Å². The minimum atomic E-state index is -4.09. The van der Waals surface area contributed by atoms with Crippen LogP contribution in [0.25, 0.3) is 11.2 Å². The van der Waals surface area contributed by atoms with Crippen LogP contribution in [0.1, 0.15) is 5.82 Å². The number of aromatic amines is 1. The van der Waals surface area contributed by atoms with Gasteiger partial charge >= 0.3 is 7.60 Å². The fourth-order valence-corrected chi connectivity index (χ4v) is 1.65. The van der Waals surface area contributed by atoms with E-state index in [4.69, 9.17) is 14.5 Å². The van der Waals surface area contributed by atoms with Crippen LogP contribution < -0.4 is 0 Å². The standard InChI is InChI=1S/C8H11N4O4P/c13-17(14,15)5-16-2-1-7-11-6-3-9-4-10-8(6)12-7/h3-4H,1-2,5H2,(H2,13,14,15)(H,9,10,11,12). The summed E-state index contributed by atoms with van der Waals surface area (Å²) in [5.41, 5.74) is 1.28. The number of fused-ring (bicyclic) bond motifs is 1. The summed E-state index contributed by atoms with van der Waals surface area (Å²) in [6, 6.07) is 0. The van der Waals surface area contributed by atoms with E-state index in [-0.39, 0.29) is 6.61 Å². The van der Waals surface area contributed by atoms with Gasteiger partial charge in [0.25, 0.3) is 0 Å². The van der Waals surface area contributed by atoms with E-state index in [1.54, 1.807) is 6.20 Å². The lowest BCUT2D eigenvalue weighted by atomic mass is 10.4. The summed E-state index contributed by atoms with van der Waals surface area (Å²) in [6.07, 6.45) is 2.86. The number of aromatic nitrogens is 4. The van der Waals surface area contributed by atoms with E-state index in [0.29, 0.717) is 17.9 Å². The molecule has 92 valence electrons. The largest absolute Gasteiger partial charge is 0.368 e. The minimum absolute atomic E-state index is 0.179. The van der Waals surface area contributed by atoms with Crippen LogP contribution in [0.3, 0.4) is 0 Å². The molecule has 17 heavy (non-hydrogen) atoms. The zero-order valence-corrected chi connectivity index (χ0v) is 9.67. The number of hydrogen-bond donors (Lipinski definition) is 3. The Kier molecular flexibility index (Phi) is 3.49. The number of imidazole rings is 1. The third-order valence-electron chi connectivity index (χ3n) is 1.95. The first-order valence-corrected chi connectivity index (χ1v) is 6.61. The molecule has 0 spiro atoms. The van der Waals surface area contributed by atoms with Crippen LogP contribution in [0.5, 0.6) is 0 Å². The second kappa shape index (κ2) is 4.89. The van der Waals surface area contributed by atoms with Gasteiger partial charge in [0.1, 0.15) is 24.0 Å². The van der Waals surface area contributed by atoms with E-state index >= 15 is 0 Å². The van der Waals surface area contributed by atoms with Crippen LogP contribution in [-0.2, 0) is 15.7 Å². The van der Waals surface area contributed by atoms with Gasteiger partial charge < -0.3 is 19.5 Å². The molecule has 0 atom stereocenters. The van der Waals surface area contributed by atoms with E-state index in [9.17, 15) is 4.57 Å². The molecule has 2 aromatic rings. The molecule has 0 bridgehead atoms. The fraction of sp³-hybridized carbons (Fsp3) is 0.375. The summed E-state index contributed by atoms with van der Waals surface area (Å²) in [4.78, 5) is 32.1. The summed E-state index contributed by atoms with van der Waals surface area (Å²) in [5, 5.41) is 0. The molecule has 0 aromatic carbocycles. The van der Waals surface area contributed by atoms with Crippen LogP contribution in [0.15, 0.2) is 12.5 Å². The van der Waals surface area contributed by atoms with Crippen molar-refractivity contribution in [2.24, 2.45) is 0 Å². The average Bonchev–Trinajstić information content (AvgIpc) is 2.65. The molecule has 9 heteroatoms. The summed E-state index contributed by atoms with van der Waals surface area (Å²) in [6.45, 7) is 0.179. The molecule has 0 aliphatic heterocycles. The van der Waals surface area contributed by atoms with Crippen molar-refractivity contribution in [1.29, 1.82) is 0 Å². The Morgan fingerprint density at radius 1 is 1.47 bits per heavy atom. The van der Waals surface area contributed by atoms with Gasteiger partial charge in [-0.05, 0) is 0 Å². The first-order valence-electron chi connectivity index (χ1n) is 4.81. The molecule has 0 radical (unpaired) electrons. The number of ether oxygens (including phenoxy) is 1. The van der Waals surface area contributed by atoms with Gasteiger partial charge in [-0.1, -0.05) is 0 Å². The lowest BCUT2D eigenvalue weighted by molar-refractivity contribution is 0.159. The molecule has 2 rings (SSSR count). The predicted octanol–water partition coefficient (Wildman–Crippen LogP) is 0.0472. The number of rotatable bonds is 5. The van der Waals surface area contributed by atoms with Crippen LogP contribution in [-0.4, -0.2) is 42.7 Å². The summed E-state index contributed by atoms with van der Waals surface area (Å²) in [7, 11) is -4.09. The topological polar surface area (TPSA) is 121 Å². The molecular weight excluding hydrogens is 247 g/mol. The van der Waals surface area contributed by atoms with Crippen molar-refractivity contribution >= 4 is 18.8 Å². The van der Waals surface area contributed by atoms with E-state index in [1.165, 1.54) is 6.33 Å². The molecule has 8 nitrogen and oxygen atoms in total. The first kappa shape index (κ1) is 12.1. The van der Waals surface area contributed by atoms with Crippen molar-refractivity contribution in [2.45, 2.75) is 6.42 Å². The summed E-state index contributed by atoms with van der Waals surface area (Å²) in [5.74, 6) is 0.645.